The lowest BCUT2D eigenvalue weighted by molar-refractivity contribution is 1.01. The molecule has 11 heavy (non-hydrogen) atoms. The van der Waals surface area contributed by atoms with E-state index in [2.05, 4.69) is 4.98 Å². The predicted octanol–water partition coefficient (Wildman–Crippen LogP) is 1.44. The van der Waals surface area contributed by atoms with E-state index >= 15 is 0 Å². The maximum atomic E-state index is 5.32. The third-order valence-corrected chi connectivity index (χ3v) is 1.31. The fourth-order valence-electron chi connectivity index (χ4n) is 0.775. The Labute approximate surface area is 66.8 Å². The number of hydrogen-bond acceptors (Lipinski definition) is 2. The van der Waals surface area contributed by atoms with E-state index in [4.69, 9.17) is 5.73 Å². The molecule has 2 N–H and O–H groups in total. The molecular weight excluding hydrogens is 136 g/mol. The van der Waals surface area contributed by atoms with E-state index in [0.717, 1.165) is 12.1 Å². The lowest BCUT2D eigenvalue weighted by Gasteiger charge is -1.89. The van der Waals surface area contributed by atoms with Gasteiger partial charge in [-0.05, 0) is 31.2 Å². The second-order valence-electron chi connectivity index (χ2n) is 2.23. The molecule has 1 aromatic heterocycles. The van der Waals surface area contributed by atoms with Crippen LogP contribution in [0.2, 0.25) is 0 Å². The molecule has 0 saturated carbocycles. The molecule has 0 bridgehead atoms. The van der Waals surface area contributed by atoms with E-state index in [1.807, 2.05) is 30.4 Å². The van der Waals surface area contributed by atoms with Gasteiger partial charge in [0.25, 0.3) is 0 Å². The highest BCUT2D eigenvalue weighted by molar-refractivity contribution is 5.43. The summed E-state index contributed by atoms with van der Waals surface area (Å²) in [5.74, 6) is 0. The third-order valence-electron chi connectivity index (χ3n) is 1.31. The Kier molecular flexibility index (Phi) is 3.35. The van der Waals surface area contributed by atoms with Gasteiger partial charge in [-0.3, -0.25) is 4.98 Å². The molecule has 1 heterocycles. The van der Waals surface area contributed by atoms with Crippen molar-refractivity contribution in [3.63, 3.8) is 0 Å². The van der Waals surface area contributed by atoms with Gasteiger partial charge >= 0.3 is 0 Å². The van der Waals surface area contributed by atoms with Crippen molar-refractivity contribution in [1.29, 1.82) is 0 Å². The summed E-state index contributed by atoms with van der Waals surface area (Å²) >= 11 is 0. The summed E-state index contributed by atoms with van der Waals surface area (Å²) in [6.07, 6.45) is 6.70. The molecule has 2 heteroatoms. The van der Waals surface area contributed by atoms with Crippen LogP contribution in [0.1, 0.15) is 12.1 Å². The van der Waals surface area contributed by atoms with Crippen LogP contribution in [-0.4, -0.2) is 11.5 Å². The molecule has 58 valence electrons. The highest BCUT2D eigenvalue weighted by Gasteiger charge is 1.81. The van der Waals surface area contributed by atoms with Crippen molar-refractivity contribution in [1.82, 2.24) is 4.98 Å². The summed E-state index contributed by atoms with van der Waals surface area (Å²) in [6, 6.07) is 5.84. The lowest BCUT2D eigenvalue weighted by Crippen LogP contribution is -1.95. The summed E-state index contributed by atoms with van der Waals surface area (Å²) in [6.45, 7) is 0.698. The van der Waals surface area contributed by atoms with Crippen molar-refractivity contribution >= 4 is 6.08 Å². The van der Waals surface area contributed by atoms with Gasteiger partial charge in [-0.1, -0.05) is 12.1 Å². The van der Waals surface area contributed by atoms with Crippen LogP contribution in [0.5, 0.6) is 0 Å². The zero-order valence-electron chi connectivity index (χ0n) is 6.40. The van der Waals surface area contributed by atoms with Gasteiger partial charge in [0.2, 0.25) is 0 Å². The summed E-state index contributed by atoms with van der Waals surface area (Å²) in [4.78, 5) is 4.12. The maximum Gasteiger partial charge on any atom is 0.0626 e. The minimum absolute atomic E-state index is 0.698. The molecule has 0 aliphatic rings. The molecule has 0 aliphatic carbocycles. The van der Waals surface area contributed by atoms with Gasteiger partial charge in [-0.2, -0.15) is 0 Å². The van der Waals surface area contributed by atoms with Gasteiger partial charge in [-0.25, -0.2) is 0 Å². The number of aromatic nitrogens is 1. The van der Waals surface area contributed by atoms with Crippen LogP contribution in [-0.2, 0) is 0 Å². The SMILES string of the molecule is NCC/C=C/c1ccccn1. The number of nitrogens with two attached hydrogens (primary N) is 1. The first-order chi connectivity index (χ1) is 5.43. The number of rotatable bonds is 3. The molecule has 0 radical (unpaired) electrons. The van der Waals surface area contributed by atoms with E-state index in [9.17, 15) is 0 Å². The first kappa shape index (κ1) is 7.95. The first-order valence-corrected chi connectivity index (χ1v) is 3.71. The molecular formula is C9H12N2. The summed E-state index contributed by atoms with van der Waals surface area (Å²) < 4.78 is 0. The topological polar surface area (TPSA) is 38.9 Å². The molecule has 1 rings (SSSR count). The second kappa shape index (κ2) is 4.63. The van der Waals surface area contributed by atoms with Crippen molar-refractivity contribution in [2.75, 3.05) is 6.54 Å². The fourth-order valence-corrected chi connectivity index (χ4v) is 0.775. The molecule has 0 aliphatic heterocycles. The largest absolute Gasteiger partial charge is 0.330 e. The first-order valence-electron chi connectivity index (χ1n) is 3.71. The van der Waals surface area contributed by atoms with Crippen LogP contribution in [0, 0.1) is 0 Å². The minimum Gasteiger partial charge on any atom is -0.330 e. The highest BCUT2D eigenvalue weighted by Crippen LogP contribution is 1.96. The van der Waals surface area contributed by atoms with Crippen molar-refractivity contribution in [3.05, 3.63) is 36.2 Å². The standard InChI is InChI=1S/C9H12N2/c10-7-3-1-5-9-6-2-4-8-11-9/h1-2,4-6,8H,3,7,10H2/b5-1+. The Morgan fingerprint density at radius 2 is 2.36 bits per heavy atom. The van der Waals surface area contributed by atoms with Gasteiger partial charge < -0.3 is 5.73 Å². The van der Waals surface area contributed by atoms with E-state index in [1.54, 1.807) is 6.20 Å². The highest BCUT2D eigenvalue weighted by atomic mass is 14.6. The summed E-state index contributed by atoms with van der Waals surface area (Å²) in [5.41, 5.74) is 6.31. The average Bonchev–Trinajstić information content (AvgIpc) is 2.07. The lowest BCUT2D eigenvalue weighted by atomic mass is 10.3. The van der Waals surface area contributed by atoms with E-state index in [0.29, 0.717) is 6.54 Å². The predicted molar refractivity (Wildman–Crippen MR) is 46.9 cm³/mol. The van der Waals surface area contributed by atoms with Gasteiger partial charge in [-0.15, -0.1) is 0 Å². The van der Waals surface area contributed by atoms with Crippen LogP contribution in [0.25, 0.3) is 6.08 Å². The molecule has 0 fully saturated rings. The van der Waals surface area contributed by atoms with Crippen LogP contribution >= 0.6 is 0 Å². The van der Waals surface area contributed by atoms with Crippen LogP contribution in [0.4, 0.5) is 0 Å². The zero-order chi connectivity index (χ0) is 7.94. The number of pyridine rings is 1. The van der Waals surface area contributed by atoms with Gasteiger partial charge in [0, 0.05) is 6.20 Å². The Bertz CT molecular complexity index is 216. The average molecular weight is 148 g/mol. The normalized spacial score (nSPS) is 10.6. The third kappa shape index (κ3) is 2.96. The second-order valence-corrected chi connectivity index (χ2v) is 2.23. The molecule has 1 aromatic rings. The van der Waals surface area contributed by atoms with Crippen LogP contribution in [0.3, 0.4) is 0 Å². The number of nitrogens with zero attached hydrogens (tertiary/aromatic N) is 1. The molecule has 0 spiro atoms. The molecule has 2 nitrogen and oxygen atoms in total. The molecule has 0 aromatic carbocycles. The van der Waals surface area contributed by atoms with Gasteiger partial charge in [0.1, 0.15) is 0 Å². The molecule has 0 amide bonds. The van der Waals surface area contributed by atoms with Crippen molar-refractivity contribution in [2.24, 2.45) is 5.73 Å². The monoisotopic (exact) mass is 148 g/mol. The minimum atomic E-state index is 0.698. The van der Waals surface area contributed by atoms with Gasteiger partial charge in [0.05, 0.1) is 5.69 Å². The summed E-state index contributed by atoms with van der Waals surface area (Å²) in [7, 11) is 0. The zero-order valence-corrected chi connectivity index (χ0v) is 6.40. The molecule has 0 unspecified atom stereocenters. The Morgan fingerprint density at radius 3 is 3.00 bits per heavy atom. The van der Waals surface area contributed by atoms with E-state index in [1.165, 1.54) is 0 Å². The quantitative estimate of drug-likeness (QED) is 0.704. The maximum absolute atomic E-state index is 5.32. The van der Waals surface area contributed by atoms with Gasteiger partial charge in [0.15, 0.2) is 0 Å². The van der Waals surface area contributed by atoms with Crippen molar-refractivity contribution in [2.45, 2.75) is 6.42 Å². The molecule has 0 atom stereocenters. The van der Waals surface area contributed by atoms with E-state index in [-0.39, 0.29) is 0 Å². The molecule has 0 saturated heterocycles. The van der Waals surface area contributed by atoms with Crippen molar-refractivity contribution < 1.29 is 0 Å². The Morgan fingerprint density at radius 1 is 1.45 bits per heavy atom. The smallest absolute Gasteiger partial charge is 0.0626 e. The van der Waals surface area contributed by atoms with E-state index < -0.39 is 0 Å². The fraction of sp³-hybridized carbons (Fsp3) is 0.222. The number of hydrogen-bond donors (Lipinski definition) is 1. The van der Waals surface area contributed by atoms with Crippen LogP contribution in [0.15, 0.2) is 30.5 Å². The Balaban J connectivity index is 2.50. The Hall–Kier alpha value is -1.15. The summed E-state index contributed by atoms with van der Waals surface area (Å²) in [5, 5.41) is 0. The van der Waals surface area contributed by atoms with Crippen LogP contribution < -0.4 is 5.73 Å². The van der Waals surface area contributed by atoms with Crippen molar-refractivity contribution in [3.8, 4) is 0 Å².